The fourth-order valence-electron chi connectivity index (χ4n) is 4.12. The van der Waals surface area contributed by atoms with Crippen LogP contribution >= 0.6 is 0 Å². The highest BCUT2D eigenvalue weighted by Crippen LogP contribution is 2.26. The number of carbonyl (C=O) groups excluding carboxylic acids is 1. The third-order valence-corrected chi connectivity index (χ3v) is 5.57. The van der Waals surface area contributed by atoms with Gasteiger partial charge in [-0.3, -0.25) is 9.20 Å². The van der Waals surface area contributed by atoms with E-state index in [2.05, 4.69) is 19.7 Å². The van der Waals surface area contributed by atoms with Gasteiger partial charge < -0.3 is 9.47 Å². The van der Waals surface area contributed by atoms with E-state index in [0.29, 0.717) is 19.5 Å². The maximum absolute atomic E-state index is 12.9. The van der Waals surface area contributed by atoms with Crippen LogP contribution in [0.4, 0.5) is 0 Å². The molecule has 1 unspecified atom stereocenters. The Labute approximate surface area is 162 Å². The van der Waals surface area contributed by atoms with Gasteiger partial charge in [-0.25, -0.2) is 4.98 Å². The molecule has 4 heterocycles. The second-order valence-corrected chi connectivity index (χ2v) is 7.34. The number of aryl methyl sites for hydroxylation is 1. The molecule has 0 N–H and O–H groups in total. The summed E-state index contributed by atoms with van der Waals surface area (Å²) in [4.78, 5) is 19.2. The molecule has 0 saturated carbocycles. The van der Waals surface area contributed by atoms with Crippen molar-refractivity contribution in [2.45, 2.75) is 31.7 Å². The van der Waals surface area contributed by atoms with Crippen LogP contribution in [0.25, 0.3) is 16.7 Å². The molecule has 1 fully saturated rings. The monoisotopic (exact) mass is 374 g/mol. The van der Waals surface area contributed by atoms with Gasteiger partial charge in [0.25, 0.3) is 0 Å². The van der Waals surface area contributed by atoms with Crippen LogP contribution in [0.1, 0.15) is 31.0 Å². The molecule has 1 aliphatic rings. The van der Waals surface area contributed by atoms with Crippen molar-refractivity contribution in [2.75, 3.05) is 13.1 Å². The van der Waals surface area contributed by atoms with Crippen LogP contribution in [-0.2, 0) is 11.3 Å². The minimum Gasteiger partial charge on any atom is -0.342 e. The lowest BCUT2D eigenvalue weighted by atomic mass is 9.97. The third kappa shape index (κ3) is 3.02. The van der Waals surface area contributed by atoms with Gasteiger partial charge in [-0.15, -0.1) is 10.2 Å². The summed E-state index contributed by atoms with van der Waals surface area (Å²) >= 11 is 0. The van der Waals surface area contributed by atoms with Crippen molar-refractivity contribution in [1.29, 1.82) is 0 Å². The Balaban J connectivity index is 1.27. The van der Waals surface area contributed by atoms with E-state index in [-0.39, 0.29) is 11.8 Å². The first-order chi connectivity index (χ1) is 13.8. The van der Waals surface area contributed by atoms with Crippen molar-refractivity contribution in [3.8, 4) is 0 Å². The number of hydrogen-bond donors (Lipinski definition) is 0. The van der Waals surface area contributed by atoms with Crippen molar-refractivity contribution in [3.05, 3.63) is 60.8 Å². The molecule has 0 aliphatic carbocycles. The van der Waals surface area contributed by atoms with Crippen LogP contribution in [0.3, 0.4) is 0 Å². The second-order valence-electron chi connectivity index (χ2n) is 7.34. The van der Waals surface area contributed by atoms with Crippen LogP contribution in [-0.4, -0.2) is 48.0 Å². The Morgan fingerprint density at radius 2 is 2.00 bits per heavy atom. The Bertz CT molecular complexity index is 1130. The molecule has 4 aromatic rings. The highest BCUT2D eigenvalue weighted by molar-refractivity contribution is 5.77. The number of fused-ring (bicyclic) bond motifs is 2. The molecular weight excluding hydrogens is 352 g/mol. The normalized spacial score (nSPS) is 17.4. The van der Waals surface area contributed by atoms with Gasteiger partial charge in [0.05, 0.1) is 17.4 Å². The minimum atomic E-state index is 0.191. The molecule has 0 radical (unpaired) electrons. The Morgan fingerprint density at radius 1 is 1.11 bits per heavy atom. The van der Waals surface area contributed by atoms with Gasteiger partial charge in [0.15, 0.2) is 5.65 Å². The molecule has 142 valence electrons. The summed E-state index contributed by atoms with van der Waals surface area (Å²) in [7, 11) is 0. The maximum Gasteiger partial charge on any atom is 0.224 e. The van der Waals surface area contributed by atoms with Gasteiger partial charge in [0.1, 0.15) is 5.82 Å². The zero-order valence-electron chi connectivity index (χ0n) is 15.6. The van der Waals surface area contributed by atoms with E-state index in [1.807, 2.05) is 64.3 Å². The number of aromatic nitrogens is 5. The van der Waals surface area contributed by atoms with Crippen LogP contribution in [0.5, 0.6) is 0 Å². The first kappa shape index (κ1) is 16.9. The zero-order valence-corrected chi connectivity index (χ0v) is 15.6. The van der Waals surface area contributed by atoms with Gasteiger partial charge >= 0.3 is 0 Å². The van der Waals surface area contributed by atoms with Crippen molar-refractivity contribution in [2.24, 2.45) is 0 Å². The quantitative estimate of drug-likeness (QED) is 0.551. The lowest BCUT2D eigenvalue weighted by Gasteiger charge is -2.32. The van der Waals surface area contributed by atoms with Crippen molar-refractivity contribution in [1.82, 2.24) is 29.0 Å². The summed E-state index contributed by atoms with van der Waals surface area (Å²) in [5, 5.41) is 8.66. The van der Waals surface area contributed by atoms with Gasteiger partial charge in [-0.1, -0.05) is 18.2 Å². The number of hydrogen-bond acceptors (Lipinski definition) is 4. The third-order valence-electron chi connectivity index (χ3n) is 5.57. The standard InChI is InChI=1S/C21H22N6O/c28-20(10-13-26-15-22-17-7-1-2-8-18(17)26)25-11-5-6-16(14-25)21-24-23-19-9-3-4-12-27(19)21/h1-4,7-9,12,15-16H,5-6,10-11,13-14H2. The summed E-state index contributed by atoms with van der Waals surface area (Å²) in [6, 6.07) is 13.9. The number of piperidine rings is 1. The van der Waals surface area contributed by atoms with Crippen molar-refractivity contribution in [3.63, 3.8) is 0 Å². The van der Waals surface area contributed by atoms with Crippen molar-refractivity contribution < 1.29 is 4.79 Å². The molecule has 5 rings (SSSR count). The van der Waals surface area contributed by atoms with Gasteiger partial charge in [-0.05, 0) is 37.1 Å². The fraction of sp³-hybridized carbons (Fsp3) is 0.333. The largest absolute Gasteiger partial charge is 0.342 e. The van der Waals surface area contributed by atoms with E-state index >= 15 is 0 Å². The molecule has 28 heavy (non-hydrogen) atoms. The molecular formula is C21H22N6O. The molecule has 1 aromatic carbocycles. The number of rotatable bonds is 4. The smallest absolute Gasteiger partial charge is 0.224 e. The number of amides is 1. The number of likely N-dealkylation sites (tertiary alicyclic amines) is 1. The summed E-state index contributed by atoms with van der Waals surface area (Å²) in [6.07, 6.45) is 6.32. The molecule has 3 aromatic heterocycles. The summed E-state index contributed by atoms with van der Waals surface area (Å²) in [5.74, 6) is 1.37. The minimum absolute atomic E-state index is 0.191. The molecule has 1 amide bonds. The average Bonchev–Trinajstić information content (AvgIpc) is 3.36. The highest BCUT2D eigenvalue weighted by Gasteiger charge is 2.27. The van der Waals surface area contributed by atoms with Crippen LogP contribution in [0.2, 0.25) is 0 Å². The predicted molar refractivity (Wildman–Crippen MR) is 106 cm³/mol. The predicted octanol–water partition coefficient (Wildman–Crippen LogP) is 2.88. The van der Waals surface area contributed by atoms with E-state index in [1.54, 1.807) is 0 Å². The number of para-hydroxylation sites is 2. The van der Waals surface area contributed by atoms with Crippen LogP contribution in [0.15, 0.2) is 55.0 Å². The molecule has 1 saturated heterocycles. The molecule has 7 heteroatoms. The fourth-order valence-corrected chi connectivity index (χ4v) is 4.12. The van der Waals surface area contributed by atoms with Gasteiger partial charge in [0, 0.05) is 38.2 Å². The SMILES string of the molecule is O=C(CCn1cnc2ccccc21)N1CCCC(c2nnc3ccccn23)C1. The van der Waals surface area contributed by atoms with E-state index in [1.165, 1.54) is 0 Å². The molecule has 7 nitrogen and oxygen atoms in total. The zero-order chi connectivity index (χ0) is 18.9. The number of pyridine rings is 1. The van der Waals surface area contributed by atoms with E-state index in [0.717, 1.165) is 41.9 Å². The van der Waals surface area contributed by atoms with E-state index < -0.39 is 0 Å². The summed E-state index contributed by atoms with van der Waals surface area (Å²) in [5.41, 5.74) is 2.89. The van der Waals surface area contributed by atoms with Crippen LogP contribution in [0, 0.1) is 0 Å². The lowest BCUT2D eigenvalue weighted by molar-refractivity contribution is -0.132. The van der Waals surface area contributed by atoms with E-state index in [4.69, 9.17) is 0 Å². The first-order valence-electron chi connectivity index (χ1n) is 9.77. The Hall–Kier alpha value is -3.22. The molecule has 0 spiro atoms. The highest BCUT2D eigenvalue weighted by atomic mass is 16.2. The molecule has 1 atom stereocenters. The van der Waals surface area contributed by atoms with Crippen molar-refractivity contribution >= 4 is 22.6 Å². The molecule has 1 aliphatic heterocycles. The Kier molecular flexibility index (Phi) is 4.27. The number of nitrogens with zero attached hydrogens (tertiary/aromatic N) is 6. The average molecular weight is 374 g/mol. The summed E-state index contributed by atoms with van der Waals surface area (Å²) < 4.78 is 4.09. The number of imidazole rings is 1. The number of carbonyl (C=O) groups is 1. The maximum atomic E-state index is 12.9. The second kappa shape index (κ2) is 7.07. The van der Waals surface area contributed by atoms with Crippen LogP contribution < -0.4 is 0 Å². The topological polar surface area (TPSA) is 68.3 Å². The van der Waals surface area contributed by atoms with Gasteiger partial charge in [0.2, 0.25) is 5.91 Å². The molecule has 0 bridgehead atoms. The van der Waals surface area contributed by atoms with Gasteiger partial charge in [-0.2, -0.15) is 0 Å². The lowest BCUT2D eigenvalue weighted by Crippen LogP contribution is -2.39. The summed E-state index contributed by atoms with van der Waals surface area (Å²) in [6.45, 7) is 2.17. The Morgan fingerprint density at radius 3 is 2.96 bits per heavy atom. The first-order valence-corrected chi connectivity index (χ1v) is 9.77. The van der Waals surface area contributed by atoms with E-state index in [9.17, 15) is 4.79 Å². The number of benzene rings is 1.